The van der Waals surface area contributed by atoms with Crippen LogP contribution in [0.25, 0.3) is 0 Å². The van der Waals surface area contributed by atoms with E-state index in [4.69, 9.17) is 9.84 Å². The van der Waals surface area contributed by atoms with Crippen LogP contribution in [0.1, 0.15) is 110 Å². The number of alkyl carbamates (subject to hydrolysis) is 1. The first-order valence-corrected chi connectivity index (χ1v) is 22.8. The van der Waals surface area contributed by atoms with E-state index in [1.54, 1.807) is 21.6 Å². The van der Waals surface area contributed by atoms with E-state index in [2.05, 4.69) is 116 Å². The molecular weight excluding hydrogens is 755 g/mol. The molecule has 1 aromatic carbocycles. The number of benzene rings is 1. The zero-order valence-corrected chi connectivity index (χ0v) is 36.9. The second-order valence-electron chi connectivity index (χ2n) is 14.8. The van der Waals surface area contributed by atoms with Crippen LogP contribution in [-0.2, 0) is 20.7 Å². The highest BCUT2D eigenvalue weighted by Gasteiger charge is 2.33. The first kappa shape index (κ1) is 51.5. The number of rotatable bonds is 30. The Kier molecular flexibility index (Phi) is 29.3. The molecule has 318 valence electrons. The molecule has 3 amide bonds. The fraction of sp³-hybridized carbons (Fsp3) is 0.543. The van der Waals surface area contributed by atoms with Crippen molar-refractivity contribution in [3.63, 3.8) is 0 Å². The van der Waals surface area contributed by atoms with E-state index in [0.717, 1.165) is 50.5 Å². The number of carbonyl (C=O) groups excluding carboxylic acids is 3. The molecule has 1 aromatic rings. The smallest absolute Gasteiger partial charge is 0.407 e. The van der Waals surface area contributed by atoms with Crippen LogP contribution in [0.4, 0.5) is 4.79 Å². The van der Waals surface area contributed by atoms with E-state index < -0.39 is 35.5 Å². The van der Waals surface area contributed by atoms with Crippen LogP contribution < -0.4 is 16.0 Å². The maximum absolute atomic E-state index is 13.5. The summed E-state index contributed by atoms with van der Waals surface area (Å²) in [7, 11) is 3.15. The van der Waals surface area contributed by atoms with Crippen LogP contribution in [0.15, 0.2) is 97.2 Å². The largest absolute Gasteiger partial charge is 0.447 e. The molecule has 11 heteroatoms. The standard InChI is InChI=1S/C46H71N3O6S2/c1-7-8-9-10-11-12-13-14-15-16-17-18-19-20-21-22-23-24-25-26-43(52)47-31-32-56-57-46(5,6)42(34-48-45(54)55-36-41(51)35-50)49-44(53)38(4)40-29-27-39(28-30-40)33-37(2)3/h8-9,11-12,14-15,17-18,20-21,23-24,27-30,37-38,41-42,50-51H,7,10,13,16,19,22,25-26,31-36H2,1-6H3,(H,47,52)(H,48,54)(H,49,53)/b9-8-,12-11-,15-14-,18-17-,21-20-,24-23-/t38?,41-,42+/m0/s1. The molecule has 1 unspecified atom stereocenters. The number of ether oxygens (including phenoxy) is 1. The van der Waals surface area contributed by atoms with Crippen LogP contribution >= 0.6 is 21.6 Å². The second kappa shape index (κ2) is 32.4. The highest BCUT2D eigenvalue weighted by Crippen LogP contribution is 2.38. The van der Waals surface area contributed by atoms with Crippen LogP contribution in [0, 0.1) is 5.92 Å². The number of carbonyl (C=O) groups is 3. The van der Waals surface area contributed by atoms with Crippen molar-refractivity contribution < 1.29 is 29.3 Å². The molecule has 3 atom stereocenters. The molecule has 0 spiro atoms. The minimum atomic E-state index is -1.17. The highest BCUT2D eigenvalue weighted by molar-refractivity contribution is 8.77. The summed E-state index contributed by atoms with van der Waals surface area (Å²) in [5.41, 5.74) is 2.13. The van der Waals surface area contributed by atoms with Crippen molar-refractivity contribution in [1.82, 2.24) is 16.0 Å². The lowest BCUT2D eigenvalue weighted by Gasteiger charge is -2.34. The van der Waals surface area contributed by atoms with Gasteiger partial charge in [0.1, 0.15) is 12.7 Å². The van der Waals surface area contributed by atoms with E-state index in [1.807, 2.05) is 39.0 Å². The molecule has 0 saturated heterocycles. The molecule has 0 heterocycles. The summed E-state index contributed by atoms with van der Waals surface area (Å²) in [5.74, 6) is 0.624. The van der Waals surface area contributed by atoms with E-state index in [0.29, 0.717) is 31.1 Å². The molecule has 5 N–H and O–H groups in total. The Hall–Kier alpha value is -3.51. The van der Waals surface area contributed by atoms with E-state index in [1.165, 1.54) is 5.56 Å². The van der Waals surface area contributed by atoms with Crippen LogP contribution in [0.2, 0.25) is 0 Å². The van der Waals surface area contributed by atoms with Gasteiger partial charge in [0.2, 0.25) is 11.8 Å². The summed E-state index contributed by atoms with van der Waals surface area (Å²) in [5, 5.41) is 27.4. The molecule has 0 aliphatic carbocycles. The molecule has 57 heavy (non-hydrogen) atoms. The van der Waals surface area contributed by atoms with Gasteiger partial charge in [-0.05, 0) is 89.2 Å². The molecule has 0 aliphatic heterocycles. The fourth-order valence-electron chi connectivity index (χ4n) is 5.22. The molecule has 0 aromatic heterocycles. The molecule has 0 fully saturated rings. The van der Waals surface area contributed by atoms with Gasteiger partial charge in [0.05, 0.1) is 18.6 Å². The maximum atomic E-state index is 13.5. The number of hydrogen-bond donors (Lipinski definition) is 5. The SMILES string of the molecule is CC/C=C\C/C=C\C/C=C\C/C=C\C/C=C\C/C=C\CCC(=O)NCCSSC(C)(C)[C@@H](CNC(=O)OC[C@@H](O)CO)NC(=O)C(C)c1ccc(CC(C)C)cc1. The third kappa shape index (κ3) is 26.9. The fourth-order valence-corrected chi connectivity index (χ4v) is 7.81. The monoisotopic (exact) mass is 825 g/mol. The predicted molar refractivity (Wildman–Crippen MR) is 242 cm³/mol. The van der Waals surface area contributed by atoms with E-state index >= 15 is 0 Å². The van der Waals surface area contributed by atoms with Crippen molar-refractivity contribution in [2.45, 2.75) is 122 Å². The van der Waals surface area contributed by atoms with E-state index in [9.17, 15) is 19.5 Å². The van der Waals surface area contributed by atoms with Crippen molar-refractivity contribution in [2.75, 3.05) is 32.1 Å². The van der Waals surface area contributed by atoms with Crippen LogP contribution in [0.3, 0.4) is 0 Å². The summed E-state index contributed by atoms with van der Waals surface area (Å²) in [6.45, 7) is 12.1. The zero-order chi connectivity index (χ0) is 42.2. The lowest BCUT2D eigenvalue weighted by atomic mass is 9.95. The number of amides is 3. The van der Waals surface area contributed by atoms with Gasteiger partial charge in [-0.25, -0.2) is 4.79 Å². The van der Waals surface area contributed by atoms with Gasteiger partial charge in [0, 0.05) is 30.0 Å². The molecule has 0 saturated carbocycles. The van der Waals surface area contributed by atoms with Gasteiger partial charge in [-0.15, -0.1) is 0 Å². The van der Waals surface area contributed by atoms with Crippen molar-refractivity contribution in [1.29, 1.82) is 0 Å². The normalized spacial score (nSPS) is 14.1. The van der Waals surface area contributed by atoms with Gasteiger partial charge in [0.15, 0.2) is 0 Å². The minimum absolute atomic E-state index is 0.00443. The van der Waals surface area contributed by atoms with Crippen molar-refractivity contribution in [3.8, 4) is 0 Å². The molecule has 9 nitrogen and oxygen atoms in total. The summed E-state index contributed by atoms with van der Waals surface area (Å²) < 4.78 is 4.48. The van der Waals surface area contributed by atoms with Crippen molar-refractivity contribution in [2.24, 2.45) is 5.92 Å². The second-order valence-corrected chi connectivity index (χ2v) is 17.8. The van der Waals surface area contributed by atoms with Gasteiger partial charge >= 0.3 is 6.09 Å². The lowest BCUT2D eigenvalue weighted by molar-refractivity contribution is -0.123. The Bertz CT molecular complexity index is 1440. The molecule has 1 rings (SSSR count). The van der Waals surface area contributed by atoms with E-state index in [-0.39, 0.29) is 25.0 Å². The van der Waals surface area contributed by atoms with Gasteiger partial charge in [-0.2, -0.15) is 0 Å². The van der Waals surface area contributed by atoms with Crippen molar-refractivity contribution >= 4 is 39.5 Å². The van der Waals surface area contributed by atoms with Gasteiger partial charge in [-0.1, -0.05) is 140 Å². The first-order chi connectivity index (χ1) is 27.4. The Morgan fingerprint density at radius 3 is 1.88 bits per heavy atom. The highest BCUT2D eigenvalue weighted by atomic mass is 33.1. The average molecular weight is 826 g/mol. The zero-order valence-electron chi connectivity index (χ0n) is 35.3. The Balaban J connectivity index is 2.46. The Labute approximate surface area is 351 Å². The van der Waals surface area contributed by atoms with Gasteiger partial charge in [0.25, 0.3) is 0 Å². The molecule has 0 aliphatic rings. The topological polar surface area (TPSA) is 137 Å². The minimum Gasteiger partial charge on any atom is -0.447 e. The third-order valence-corrected chi connectivity index (χ3v) is 12.0. The van der Waals surface area contributed by atoms with Crippen molar-refractivity contribution in [3.05, 3.63) is 108 Å². The van der Waals surface area contributed by atoms with Crippen LogP contribution in [-0.4, -0.2) is 77.1 Å². The predicted octanol–water partition coefficient (Wildman–Crippen LogP) is 9.31. The summed E-state index contributed by atoms with van der Waals surface area (Å²) in [6.07, 6.45) is 31.9. The van der Waals surface area contributed by atoms with Gasteiger partial charge in [-0.3, -0.25) is 9.59 Å². The number of hydrogen-bond acceptors (Lipinski definition) is 8. The molecular formula is C46H71N3O6S2. The summed E-state index contributed by atoms with van der Waals surface area (Å²) in [6, 6.07) is 7.64. The number of nitrogens with one attached hydrogen (secondary N) is 3. The summed E-state index contributed by atoms with van der Waals surface area (Å²) >= 11 is 0. The number of aliphatic hydroxyl groups is 2. The maximum Gasteiger partial charge on any atom is 0.407 e. The Morgan fingerprint density at radius 1 is 0.807 bits per heavy atom. The molecule has 0 bridgehead atoms. The third-order valence-electron chi connectivity index (χ3n) is 8.66. The summed E-state index contributed by atoms with van der Waals surface area (Å²) in [4.78, 5) is 38.2. The van der Waals surface area contributed by atoms with Crippen LogP contribution in [0.5, 0.6) is 0 Å². The first-order valence-electron chi connectivity index (χ1n) is 20.5. The number of aliphatic hydroxyl groups excluding tert-OH is 2. The Morgan fingerprint density at radius 2 is 1.35 bits per heavy atom. The lowest BCUT2D eigenvalue weighted by Crippen LogP contribution is -2.54. The quantitative estimate of drug-likeness (QED) is 0.0294. The average Bonchev–Trinajstić information content (AvgIpc) is 3.18. The number of allylic oxidation sites excluding steroid dienone is 12. The molecule has 0 radical (unpaired) electrons. The van der Waals surface area contributed by atoms with Gasteiger partial charge < -0.3 is 30.9 Å².